The van der Waals surface area contributed by atoms with Crippen LogP contribution in [0.5, 0.6) is 0 Å². The highest BCUT2D eigenvalue weighted by molar-refractivity contribution is 7.89. The molecule has 1 aromatic heterocycles. The first-order valence-corrected chi connectivity index (χ1v) is 12.2. The van der Waals surface area contributed by atoms with Crippen LogP contribution in [-0.2, 0) is 10.0 Å². The van der Waals surface area contributed by atoms with E-state index in [2.05, 4.69) is 4.72 Å². The monoisotopic (exact) mass is 481 g/mol. The molecule has 4 rings (SSSR count). The van der Waals surface area contributed by atoms with Crippen LogP contribution in [0.3, 0.4) is 0 Å². The van der Waals surface area contributed by atoms with Gasteiger partial charge in [-0.2, -0.15) is 4.72 Å². The fourth-order valence-corrected chi connectivity index (χ4v) is 5.02. The van der Waals surface area contributed by atoms with Crippen molar-refractivity contribution in [2.45, 2.75) is 17.9 Å². The molecule has 0 radical (unpaired) electrons. The molecule has 0 spiro atoms. The number of halogens is 1. The third kappa shape index (κ3) is 4.66. The molecule has 170 valence electrons. The second-order valence-electron chi connectivity index (χ2n) is 8.06. The lowest BCUT2D eigenvalue weighted by atomic mass is 10.0. The van der Waals surface area contributed by atoms with E-state index in [1.165, 1.54) is 4.90 Å². The van der Waals surface area contributed by atoms with E-state index in [4.69, 9.17) is 11.6 Å². The van der Waals surface area contributed by atoms with E-state index in [-0.39, 0.29) is 10.9 Å². The Bertz CT molecular complexity index is 1410. The smallest absolute Gasteiger partial charge is 0.328 e. The predicted molar refractivity (Wildman–Crippen MR) is 131 cm³/mol. The molecule has 0 saturated carbocycles. The van der Waals surface area contributed by atoms with Crippen molar-refractivity contribution in [1.29, 1.82) is 0 Å². The molecule has 1 amide bonds. The number of carbonyl (C=O) groups excluding carboxylic acids is 1. The molecule has 0 saturated heterocycles. The second kappa shape index (κ2) is 9.02. The van der Waals surface area contributed by atoms with Gasteiger partial charge in [0.1, 0.15) is 0 Å². The maximum atomic E-state index is 13.4. The highest BCUT2D eigenvalue weighted by Gasteiger charge is 2.28. The Balaban J connectivity index is 1.92. The Morgan fingerprint density at radius 1 is 0.970 bits per heavy atom. The zero-order valence-corrected chi connectivity index (χ0v) is 20.1. The van der Waals surface area contributed by atoms with Crippen LogP contribution in [0.2, 0.25) is 5.02 Å². The van der Waals surface area contributed by atoms with Gasteiger partial charge in [0.25, 0.3) is 0 Å². The van der Waals surface area contributed by atoms with Crippen LogP contribution in [0.25, 0.3) is 10.9 Å². The molecule has 1 atom stereocenters. The molecule has 0 aliphatic heterocycles. The third-order valence-corrected chi connectivity index (χ3v) is 7.11. The summed E-state index contributed by atoms with van der Waals surface area (Å²) in [4.78, 5) is 14.8. The topological polar surface area (TPSA) is 71.4 Å². The molecule has 0 fully saturated rings. The lowest BCUT2D eigenvalue weighted by molar-refractivity contribution is 0.219. The highest BCUT2D eigenvalue weighted by atomic mass is 35.5. The van der Waals surface area contributed by atoms with Gasteiger partial charge < -0.3 is 4.90 Å². The van der Waals surface area contributed by atoms with E-state index in [0.29, 0.717) is 21.8 Å². The first-order chi connectivity index (χ1) is 15.7. The van der Waals surface area contributed by atoms with Gasteiger partial charge in [-0.25, -0.2) is 13.2 Å². The minimum absolute atomic E-state index is 0.147. The van der Waals surface area contributed by atoms with Crippen molar-refractivity contribution in [2.75, 3.05) is 14.1 Å². The van der Waals surface area contributed by atoms with Gasteiger partial charge in [-0.3, -0.25) is 4.57 Å². The summed E-state index contributed by atoms with van der Waals surface area (Å²) in [5.41, 5.74) is 2.82. The Morgan fingerprint density at radius 3 is 2.24 bits per heavy atom. The molecule has 0 aliphatic rings. The molecule has 33 heavy (non-hydrogen) atoms. The maximum absolute atomic E-state index is 13.4. The molecule has 6 nitrogen and oxygen atoms in total. The number of nitrogens with one attached hydrogen (secondary N) is 1. The highest BCUT2D eigenvalue weighted by Crippen LogP contribution is 2.31. The number of sulfonamides is 1. The SMILES string of the molecule is Cc1ccc(S(=O)(=O)N[C@H](c2ccc(Cl)cc2)c2cc3ccccc3n2C(=O)N(C)C)cc1. The minimum Gasteiger partial charge on any atom is -0.330 e. The number of nitrogens with zero attached hydrogens (tertiary/aromatic N) is 2. The van der Waals surface area contributed by atoms with Gasteiger partial charge in [-0.15, -0.1) is 0 Å². The molecular weight excluding hydrogens is 458 g/mol. The first-order valence-electron chi connectivity index (χ1n) is 10.3. The fraction of sp³-hybridized carbons (Fsp3) is 0.160. The third-order valence-electron chi connectivity index (χ3n) is 5.42. The Kier molecular flexibility index (Phi) is 6.30. The van der Waals surface area contributed by atoms with E-state index >= 15 is 0 Å². The normalized spacial score (nSPS) is 12.6. The lowest BCUT2D eigenvalue weighted by Gasteiger charge is -2.23. The lowest BCUT2D eigenvalue weighted by Crippen LogP contribution is -2.34. The summed E-state index contributed by atoms with van der Waals surface area (Å²) in [5.74, 6) is 0. The van der Waals surface area contributed by atoms with E-state index in [1.807, 2.05) is 37.3 Å². The standard InChI is InChI=1S/C25H24ClN3O3S/c1-17-8-14-21(15-9-17)33(31,32)27-24(18-10-12-20(26)13-11-18)23-16-19-6-4-5-7-22(19)29(23)25(30)28(2)3/h4-16,24,27H,1-3H3/t24-/m1/s1. The fourth-order valence-electron chi connectivity index (χ4n) is 3.70. The summed E-state index contributed by atoms with van der Waals surface area (Å²) >= 11 is 6.09. The molecular formula is C25H24ClN3O3S. The molecule has 0 bridgehead atoms. The number of fused-ring (bicyclic) bond motifs is 1. The van der Waals surface area contributed by atoms with Crippen molar-refractivity contribution < 1.29 is 13.2 Å². The first kappa shape index (κ1) is 23.0. The van der Waals surface area contributed by atoms with Crippen LogP contribution >= 0.6 is 11.6 Å². The van der Waals surface area contributed by atoms with Crippen molar-refractivity contribution in [2.24, 2.45) is 0 Å². The van der Waals surface area contributed by atoms with E-state index < -0.39 is 16.1 Å². The Morgan fingerprint density at radius 2 is 1.61 bits per heavy atom. The number of rotatable bonds is 5. The number of carbonyl (C=O) groups is 1. The van der Waals surface area contributed by atoms with E-state index in [9.17, 15) is 13.2 Å². The summed E-state index contributed by atoms with van der Waals surface area (Å²) in [6, 6.07) is 21.7. The van der Waals surface area contributed by atoms with Gasteiger partial charge in [0, 0.05) is 24.5 Å². The molecule has 8 heteroatoms. The van der Waals surface area contributed by atoms with Gasteiger partial charge in [-0.1, -0.05) is 59.6 Å². The number of benzene rings is 3. The van der Waals surface area contributed by atoms with Crippen molar-refractivity contribution >= 4 is 38.6 Å². The number of hydrogen-bond acceptors (Lipinski definition) is 3. The summed E-state index contributed by atoms with van der Waals surface area (Å²) < 4.78 is 31.1. The van der Waals surface area contributed by atoms with Crippen LogP contribution in [-0.4, -0.2) is 38.0 Å². The zero-order valence-electron chi connectivity index (χ0n) is 18.5. The minimum atomic E-state index is -3.90. The molecule has 1 N–H and O–H groups in total. The quantitative estimate of drug-likeness (QED) is 0.426. The van der Waals surface area contributed by atoms with Gasteiger partial charge in [0.05, 0.1) is 22.1 Å². The van der Waals surface area contributed by atoms with Crippen LogP contribution in [0.1, 0.15) is 22.9 Å². The number of amides is 1. The zero-order chi connectivity index (χ0) is 23.8. The Labute approximate surface area is 198 Å². The maximum Gasteiger partial charge on any atom is 0.328 e. The van der Waals surface area contributed by atoms with E-state index in [1.54, 1.807) is 67.2 Å². The van der Waals surface area contributed by atoms with Gasteiger partial charge in [0.15, 0.2) is 0 Å². The van der Waals surface area contributed by atoms with Gasteiger partial charge in [-0.05, 0) is 48.9 Å². The van der Waals surface area contributed by atoms with Crippen LogP contribution in [0, 0.1) is 6.92 Å². The second-order valence-corrected chi connectivity index (χ2v) is 10.2. The van der Waals surface area contributed by atoms with E-state index in [0.717, 1.165) is 10.9 Å². The molecule has 3 aromatic carbocycles. The van der Waals surface area contributed by atoms with Gasteiger partial charge in [0.2, 0.25) is 10.0 Å². The summed E-state index contributed by atoms with van der Waals surface area (Å²) in [5, 5.41) is 1.36. The van der Waals surface area contributed by atoms with Crippen molar-refractivity contribution in [3.8, 4) is 0 Å². The number of hydrogen-bond donors (Lipinski definition) is 1. The molecule has 0 aliphatic carbocycles. The summed E-state index contributed by atoms with van der Waals surface area (Å²) in [6.07, 6.45) is 0. The van der Waals surface area contributed by atoms with Crippen LogP contribution in [0.4, 0.5) is 4.79 Å². The van der Waals surface area contributed by atoms with Crippen LogP contribution < -0.4 is 4.72 Å². The predicted octanol–water partition coefficient (Wildman–Crippen LogP) is 5.20. The number of aryl methyl sites for hydroxylation is 1. The molecule has 1 heterocycles. The largest absolute Gasteiger partial charge is 0.330 e. The van der Waals surface area contributed by atoms with Crippen LogP contribution in [0.15, 0.2) is 83.8 Å². The van der Waals surface area contributed by atoms with Crippen molar-refractivity contribution in [3.05, 3.63) is 101 Å². The molecule has 0 unspecified atom stereocenters. The van der Waals surface area contributed by atoms with Crippen molar-refractivity contribution in [3.63, 3.8) is 0 Å². The number of aromatic nitrogens is 1. The molecule has 4 aromatic rings. The summed E-state index contributed by atoms with van der Waals surface area (Å²) in [7, 11) is -0.581. The van der Waals surface area contributed by atoms with Gasteiger partial charge >= 0.3 is 6.03 Å². The average Bonchev–Trinajstić information content (AvgIpc) is 3.17. The average molecular weight is 482 g/mol. The Hall–Kier alpha value is -3.13. The number of para-hydroxylation sites is 1. The summed E-state index contributed by atoms with van der Waals surface area (Å²) in [6.45, 7) is 1.89. The van der Waals surface area contributed by atoms with Crippen molar-refractivity contribution in [1.82, 2.24) is 14.2 Å².